The molecule has 5 heteroatoms. The quantitative estimate of drug-likeness (QED) is 0.696. The van der Waals surface area contributed by atoms with Crippen molar-refractivity contribution in [3.05, 3.63) is 77.1 Å². The van der Waals surface area contributed by atoms with Gasteiger partial charge in [0.05, 0.1) is 18.5 Å². The van der Waals surface area contributed by atoms with Crippen molar-refractivity contribution in [1.82, 2.24) is 15.1 Å². The second-order valence-corrected chi connectivity index (χ2v) is 6.52. The molecule has 1 aromatic heterocycles. The third-order valence-electron chi connectivity index (χ3n) is 4.70. The summed E-state index contributed by atoms with van der Waals surface area (Å²) in [6.45, 7) is 4.50. The van der Waals surface area contributed by atoms with Gasteiger partial charge in [-0.1, -0.05) is 30.3 Å². The molecule has 0 atom stereocenters. The lowest BCUT2D eigenvalue weighted by Gasteiger charge is -2.08. The second-order valence-electron chi connectivity index (χ2n) is 6.52. The van der Waals surface area contributed by atoms with Crippen LogP contribution in [0.1, 0.15) is 28.9 Å². The Kier molecular flexibility index (Phi) is 5.91. The van der Waals surface area contributed by atoms with Gasteiger partial charge in [0, 0.05) is 24.2 Å². The predicted octanol–water partition coefficient (Wildman–Crippen LogP) is 3.75. The normalized spacial score (nSPS) is 10.6. The highest BCUT2D eigenvalue weighted by Crippen LogP contribution is 2.18. The van der Waals surface area contributed by atoms with E-state index >= 15 is 0 Å². The molecule has 0 spiro atoms. The minimum atomic E-state index is 0.0390. The van der Waals surface area contributed by atoms with Crippen LogP contribution in [0.4, 0.5) is 0 Å². The Balaban J connectivity index is 1.58. The molecule has 1 amide bonds. The molecule has 3 aromatic rings. The van der Waals surface area contributed by atoms with Crippen LogP contribution in [0.2, 0.25) is 0 Å². The van der Waals surface area contributed by atoms with E-state index in [1.54, 1.807) is 7.11 Å². The molecule has 1 N–H and O–H groups in total. The summed E-state index contributed by atoms with van der Waals surface area (Å²) in [5, 5.41) is 7.64. The lowest BCUT2D eigenvalue weighted by Crippen LogP contribution is -2.23. The Morgan fingerprint density at radius 2 is 1.78 bits per heavy atom. The van der Waals surface area contributed by atoms with Gasteiger partial charge < -0.3 is 10.1 Å². The molecule has 0 aliphatic heterocycles. The molecule has 1 heterocycles. The number of carbonyl (C=O) groups excluding carboxylic acids is 1. The van der Waals surface area contributed by atoms with Crippen LogP contribution in [0, 0.1) is 13.8 Å². The average Bonchev–Trinajstić information content (AvgIpc) is 2.99. The van der Waals surface area contributed by atoms with Crippen LogP contribution in [-0.2, 0) is 17.8 Å². The molecule has 0 aliphatic carbocycles. The van der Waals surface area contributed by atoms with Crippen molar-refractivity contribution in [1.29, 1.82) is 0 Å². The highest BCUT2D eigenvalue weighted by Gasteiger charge is 2.13. The number of carbonyl (C=O) groups is 1. The first kappa shape index (κ1) is 18.7. The van der Waals surface area contributed by atoms with Gasteiger partial charge in [0.1, 0.15) is 5.75 Å². The van der Waals surface area contributed by atoms with Gasteiger partial charge in [0.15, 0.2) is 0 Å². The Labute approximate surface area is 160 Å². The lowest BCUT2D eigenvalue weighted by molar-refractivity contribution is -0.121. The van der Waals surface area contributed by atoms with Crippen LogP contribution in [-0.4, -0.2) is 22.8 Å². The molecule has 0 radical (unpaired) electrons. The molecule has 5 nitrogen and oxygen atoms in total. The van der Waals surface area contributed by atoms with E-state index in [0.29, 0.717) is 19.4 Å². The number of rotatable bonds is 7. The maximum atomic E-state index is 12.2. The van der Waals surface area contributed by atoms with Crippen LogP contribution >= 0.6 is 0 Å². The molecule has 27 heavy (non-hydrogen) atoms. The molecule has 2 aromatic carbocycles. The zero-order chi connectivity index (χ0) is 19.2. The zero-order valence-corrected chi connectivity index (χ0v) is 16.0. The van der Waals surface area contributed by atoms with Crippen molar-refractivity contribution in [3.8, 4) is 11.4 Å². The summed E-state index contributed by atoms with van der Waals surface area (Å²) in [6.07, 6.45) is 1.16. The van der Waals surface area contributed by atoms with E-state index in [2.05, 4.69) is 10.4 Å². The zero-order valence-electron chi connectivity index (χ0n) is 16.0. The first-order chi connectivity index (χ1) is 13.1. The summed E-state index contributed by atoms with van der Waals surface area (Å²) in [6, 6.07) is 17.8. The first-order valence-corrected chi connectivity index (χ1v) is 9.08. The topological polar surface area (TPSA) is 56.1 Å². The number of nitrogens with zero attached hydrogens (tertiary/aromatic N) is 2. The van der Waals surface area contributed by atoms with E-state index in [4.69, 9.17) is 4.74 Å². The number of para-hydroxylation sites is 1. The van der Waals surface area contributed by atoms with Gasteiger partial charge in [-0.3, -0.25) is 4.79 Å². The van der Waals surface area contributed by atoms with Gasteiger partial charge in [-0.15, -0.1) is 0 Å². The second kappa shape index (κ2) is 8.54. The maximum absolute atomic E-state index is 12.2. The first-order valence-electron chi connectivity index (χ1n) is 9.08. The fourth-order valence-corrected chi connectivity index (χ4v) is 3.08. The SMILES string of the molecule is COc1ccc(CCC(=O)NCc2c(C)nn(-c3ccccc3)c2C)cc1. The number of ether oxygens (including phenoxy) is 1. The number of aryl methyl sites for hydroxylation is 2. The summed E-state index contributed by atoms with van der Waals surface area (Å²) in [7, 11) is 1.65. The number of methoxy groups -OCH3 is 1. The summed E-state index contributed by atoms with van der Waals surface area (Å²) in [5.74, 6) is 0.863. The van der Waals surface area contributed by atoms with E-state index in [9.17, 15) is 4.79 Å². The minimum absolute atomic E-state index is 0.0390. The highest BCUT2D eigenvalue weighted by atomic mass is 16.5. The monoisotopic (exact) mass is 363 g/mol. The number of nitrogens with one attached hydrogen (secondary N) is 1. The molecule has 3 rings (SSSR count). The predicted molar refractivity (Wildman–Crippen MR) is 106 cm³/mol. The van der Waals surface area contributed by atoms with E-state index < -0.39 is 0 Å². The number of benzene rings is 2. The fourth-order valence-electron chi connectivity index (χ4n) is 3.08. The van der Waals surface area contributed by atoms with Gasteiger partial charge >= 0.3 is 0 Å². The summed E-state index contributed by atoms with van der Waals surface area (Å²) in [4.78, 5) is 12.2. The van der Waals surface area contributed by atoms with Crippen molar-refractivity contribution >= 4 is 5.91 Å². The van der Waals surface area contributed by atoms with Crippen LogP contribution in [0.3, 0.4) is 0 Å². The molecule has 0 saturated carbocycles. The van der Waals surface area contributed by atoms with Crippen molar-refractivity contribution in [2.45, 2.75) is 33.2 Å². The number of aromatic nitrogens is 2. The van der Waals surface area contributed by atoms with Crippen molar-refractivity contribution in [3.63, 3.8) is 0 Å². The Morgan fingerprint density at radius 3 is 2.44 bits per heavy atom. The fraction of sp³-hybridized carbons (Fsp3) is 0.273. The van der Waals surface area contributed by atoms with Crippen LogP contribution in [0.15, 0.2) is 54.6 Å². The standard InChI is InChI=1S/C22H25N3O2/c1-16-21(17(2)25(24-16)19-7-5-4-6-8-19)15-23-22(26)14-11-18-9-12-20(27-3)13-10-18/h4-10,12-13H,11,14-15H2,1-3H3,(H,23,26). The molecule has 0 unspecified atom stereocenters. The number of hydrogen-bond donors (Lipinski definition) is 1. The van der Waals surface area contributed by atoms with Gasteiger partial charge in [-0.05, 0) is 50.1 Å². The highest BCUT2D eigenvalue weighted by molar-refractivity contribution is 5.76. The van der Waals surface area contributed by atoms with Crippen LogP contribution in [0.25, 0.3) is 5.69 Å². The van der Waals surface area contributed by atoms with Crippen LogP contribution in [0.5, 0.6) is 5.75 Å². The van der Waals surface area contributed by atoms with E-state index in [-0.39, 0.29) is 5.91 Å². The molecular weight excluding hydrogens is 338 g/mol. The van der Waals surface area contributed by atoms with Gasteiger partial charge in [0.25, 0.3) is 0 Å². The van der Waals surface area contributed by atoms with Crippen LogP contribution < -0.4 is 10.1 Å². The summed E-state index contributed by atoms with van der Waals surface area (Å²) < 4.78 is 7.08. The van der Waals surface area contributed by atoms with E-state index in [1.807, 2.05) is 73.1 Å². The molecule has 0 aliphatic rings. The summed E-state index contributed by atoms with van der Waals surface area (Å²) in [5.41, 5.74) is 5.20. The van der Waals surface area contributed by atoms with E-state index in [0.717, 1.165) is 34.0 Å². The van der Waals surface area contributed by atoms with Gasteiger partial charge in [-0.2, -0.15) is 5.10 Å². The van der Waals surface area contributed by atoms with Crippen molar-refractivity contribution < 1.29 is 9.53 Å². The number of hydrogen-bond acceptors (Lipinski definition) is 3. The van der Waals surface area contributed by atoms with Crippen molar-refractivity contribution in [2.75, 3.05) is 7.11 Å². The third kappa shape index (κ3) is 4.56. The Hall–Kier alpha value is -3.08. The smallest absolute Gasteiger partial charge is 0.220 e. The Morgan fingerprint density at radius 1 is 1.07 bits per heavy atom. The number of amides is 1. The molecule has 0 saturated heterocycles. The van der Waals surface area contributed by atoms with E-state index in [1.165, 1.54) is 0 Å². The third-order valence-corrected chi connectivity index (χ3v) is 4.70. The average molecular weight is 363 g/mol. The maximum Gasteiger partial charge on any atom is 0.220 e. The molecular formula is C22H25N3O2. The molecule has 0 fully saturated rings. The van der Waals surface area contributed by atoms with Gasteiger partial charge in [-0.25, -0.2) is 4.68 Å². The molecule has 140 valence electrons. The lowest BCUT2D eigenvalue weighted by atomic mass is 10.1. The van der Waals surface area contributed by atoms with Gasteiger partial charge in [0.2, 0.25) is 5.91 Å². The Bertz CT molecular complexity index is 899. The molecule has 0 bridgehead atoms. The van der Waals surface area contributed by atoms with Crippen molar-refractivity contribution in [2.24, 2.45) is 0 Å². The largest absolute Gasteiger partial charge is 0.497 e. The minimum Gasteiger partial charge on any atom is -0.497 e. The summed E-state index contributed by atoms with van der Waals surface area (Å²) >= 11 is 0.